The van der Waals surface area contributed by atoms with Gasteiger partial charge in [-0.05, 0) is 60.8 Å². The van der Waals surface area contributed by atoms with Crippen LogP contribution < -0.4 is 15.2 Å². The minimum atomic E-state index is -3.57. The van der Waals surface area contributed by atoms with Crippen molar-refractivity contribution in [3.63, 3.8) is 0 Å². The van der Waals surface area contributed by atoms with Crippen LogP contribution in [-0.4, -0.2) is 37.7 Å². The smallest absolute Gasteiger partial charge is 0.354 e. The molecule has 3 aliphatic rings. The molecule has 1 unspecified atom stereocenters. The van der Waals surface area contributed by atoms with Gasteiger partial charge >= 0.3 is 12.0 Å². The Labute approximate surface area is 179 Å². The number of nitrogens with one attached hydrogen (secondary N) is 1. The van der Waals surface area contributed by atoms with Gasteiger partial charge in [0.2, 0.25) is 5.88 Å². The molecule has 1 aromatic heterocycles. The number of urea groups is 1. The Bertz CT molecular complexity index is 1210. The van der Waals surface area contributed by atoms with Crippen molar-refractivity contribution < 1.29 is 23.6 Å². The van der Waals surface area contributed by atoms with Gasteiger partial charge in [-0.25, -0.2) is 23.6 Å². The Kier molecular flexibility index (Phi) is 4.74. The van der Waals surface area contributed by atoms with Crippen molar-refractivity contribution in [2.24, 2.45) is 9.50 Å². The van der Waals surface area contributed by atoms with Crippen molar-refractivity contribution in [3.05, 3.63) is 34.0 Å². The summed E-state index contributed by atoms with van der Waals surface area (Å²) in [5, 5.41) is 22.6. The van der Waals surface area contributed by atoms with Crippen molar-refractivity contribution in [3.8, 4) is 5.88 Å². The van der Waals surface area contributed by atoms with Gasteiger partial charge in [0.25, 0.3) is 0 Å². The molecule has 31 heavy (non-hydrogen) atoms. The summed E-state index contributed by atoms with van der Waals surface area (Å²) in [6.07, 6.45) is 6.45. The largest absolute Gasteiger partial charge is 0.478 e. The third-order valence-electron chi connectivity index (χ3n) is 6.13. The van der Waals surface area contributed by atoms with Crippen molar-refractivity contribution in [1.82, 2.24) is 9.78 Å². The Balaban J connectivity index is 1.53. The average Bonchev–Trinajstić information content (AvgIpc) is 3.46. The molecule has 164 valence electrons. The molecule has 5 rings (SSSR count). The number of carboxylic acids is 1. The number of nitrogens with two attached hydrogens (primary N) is 1. The van der Waals surface area contributed by atoms with Crippen molar-refractivity contribution >= 4 is 27.6 Å². The zero-order valence-electron chi connectivity index (χ0n) is 16.8. The predicted octanol–water partition coefficient (Wildman–Crippen LogP) is 2.27. The van der Waals surface area contributed by atoms with E-state index in [1.807, 2.05) is 0 Å². The third kappa shape index (κ3) is 3.28. The molecule has 0 saturated heterocycles. The fourth-order valence-corrected chi connectivity index (χ4v) is 5.92. The molecule has 10 nitrogen and oxygen atoms in total. The fraction of sp³-hybridized carbons (Fsp3) is 0.450. The molecule has 2 aromatic rings. The number of hydrogen-bond donors (Lipinski definition) is 3. The van der Waals surface area contributed by atoms with E-state index in [0.717, 1.165) is 41.5 Å². The Morgan fingerprint density at radius 1 is 1.13 bits per heavy atom. The standard InChI is InChI=1S/C20H23N5O5S/c21-31(29,15-10-22-25-8-3-9-30-18(15)25)24-20(28)23-17-13-6-1-4-11(13)16(19(26)27)12-5-2-7-14(12)17/h10H,1-9H2,(H,26,27)(H3,21,23,24,28,29). The number of anilines is 1. The summed E-state index contributed by atoms with van der Waals surface area (Å²) in [6.45, 7) is 1.07. The minimum absolute atomic E-state index is 0.0963. The molecule has 1 aliphatic heterocycles. The highest BCUT2D eigenvalue weighted by atomic mass is 32.2. The number of carbonyl (C=O) groups excluding carboxylic acids is 1. The van der Waals surface area contributed by atoms with Crippen LogP contribution in [0.1, 0.15) is 51.9 Å². The molecular weight excluding hydrogens is 422 g/mol. The number of aromatic carboxylic acids is 1. The number of aryl methyl sites for hydroxylation is 1. The number of aromatic nitrogens is 2. The molecular formula is C20H23N5O5S. The summed E-state index contributed by atoms with van der Waals surface area (Å²) in [7, 11) is -3.57. The van der Waals surface area contributed by atoms with Crippen molar-refractivity contribution in [2.45, 2.75) is 56.4 Å². The van der Waals surface area contributed by atoms with Gasteiger partial charge in [-0.15, -0.1) is 4.36 Å². The normalized spacial score (nSPS) is 18.4. The van der Waals surface area contributed by atoms with Gasteiger partial charge in [-0.1, -0.05) is 0 Å². The lowest BCUT2D eigenvalue weighted by Crippen LogP contribution is -2.21. The van der Waals surface area contributed by atoms with Crippen LogP contribution in [0.5, 0.6) is 5.88 Å². The van der Waals surface area contributed by atoms with Crippen LogP contribution in [0.4, 0.5) is 10.5 Å². The van der Waals surface area contributed by atoms with Crippen molar-refractivity contribution in [2.75, 3.05) is 11.9 Å². The van der Waals surface area contributed by atoms with E-state index in [-0.39, 0.29) is 10.8 Å². The average molecular weight is 446 g/mol. The van der Waals surface area contributed by atoms with Gasteiger partial charge in [0.1, 0.15) is 4.90 Å². The molecule has 2 amide bonds. The molecule has 1 aromatic carbocycles. The molecule has 0 saturated carbocycles. The van der Waals surface area contributed by atoms with Crippen LogP contribution in [0.3, 0.4) is 0 Å². The third-order valence-corrected chi connectivity index (χ3v) is 7.48. The Hall–Kier alpha value is -2.92. The number of carbonyl (C=O) groups is 2. The van der Waals surface area contributed by atoms with Gasteiger partial charge < -0.3 is 15.2 Å². The first-order valence-corrected chi connectivity index (χ1v) is 11.9. The first-order chi connectivity index (χ1) is 14.9. The van der Waals surface area contributed by atoms with Gasteiger partial charge in [0, 0.05) is 18.7 Å². The number of fused-ring (bicyclic) bond motifs is 3. The molecule has 2 heterocycles. The van der Waals surface area contributed by atoms with E-state index in [4.69, 9.17) is 9.88 Å². The van der Waals surface area contributed by atoms with E-state index in [9.17, 15) is 18.9 Å². The summed E-state index contributed by atoms with van der Waals surface area (Å²) < 4.78 is 23.9. The van der Waals surface area contributed by atoms with E-state index in [2.05, 4.69) is 14.8 Å². The number of carboxylic acid groups (broad SMARTS) is 1. The predicted molar refractivity (Wildman–Crippen MR) is 112 cm³/mol. The topological polar surface area (TPSA) is 149 Å². The minimum Gasteiger partial charge on any atom is -0.478 e. The number of hydrogen-bond acceptors (Lipinski definition) is 5. The van der Waals surface area contributed by atoms with E-state index < -0.39 is 21.9 Å². The highest BCUT2D eigenvalue weighted by Crippen LogP contribution is 2.42. The maximum absolute atomic E-state index is 13.1. The molecule has 0 fully saturated rings. The number of rotatable bonds is 3. The van der Waals surface area contributed by atoms with Crippen LogP contribution >= 0.6 is 0 Å². The fourth-order valence-electron chi connectivity index (χ4n) is 4.91. The second kappa shape index (κ2) is 7.34. The Morgan fingerprint density at radius 3 is 2.42 bits per heavy atom. The zero-order chi connectivity index (χ0) is 21.8. The first kappa shape index (κ1) is 20.0. The number of amides is 2. The van der Waals surface area contributed by atoms with E-state index in [1.165, 1.54) is 6.20 Å². The van der Waals surface area contributed by atoms with Crippen LogP contribution in [0.15, 0.2) is 15.5 Å². The molecule has 11 heteroatoms. The Morgan fingerprint density at radius 2 is 1.77 bits per heavy atom. The van der Waals surface area contributed by atoms with Crippen LogP contribution in [0, 0.1) is 0 Å². The van der Waals surface area contributed by atoms with Crippen molar-refractivity contribution in [1.29, 1.82) is 0 Å². The van der Waals surface area contributed by atoms with Crippen LogP contribution in [-0.2, 0) is 42.1 Å². The first-order valence-electron chi connectivity index (χ1n) is 10.3. The lowest BCUT2D eigenvalue weighted by molar-refractivity contribution is 0.0694. The molecule has 1 atom stereocenters. The summed E-state index contributed by atoms with van der Waals surface area (Å²) in [5.41, 5.74) is 4.27. The maximum atomic E-state index is 13.1. The maximum Gasteiger partial charge on any atom is 0.354 e. The molecule has 0 radical (unpaired) electrons. The summed E-state index contributed by atoms with van der Waals surface area (Å²) in [4.78, 5) is 24.8. The van der Waals surface area contributed by atoms with Crippen LogP contribution in [0.2, 0.25) is 0 Å². The number of ether oxygens (including phenoxy) is 1. The lowest BCUT2D eigenvalue weighted by atomic mass is 9.92. The van der Waals surface area contributed by atoms with E-state index in [1.54, 1.807) is 4.68 Å². The van der Waals surface area contributed by atoms with Gasteiger partial charge in [0.15, 0.2) is 9.92 Å². The van der Waals surface area contributed by atoms with Gasteiger partial charge in [0.05, 0.1) is 18.4 Å². The van der Waals surface area contributed by atoms with Gasteiger partial charge in [-0.2, -0.15) is 5.10 Å². The second-order valence-electron chi connectivity index (χ2n) is 8.01. The number of benzene rings is 1. The van der Waals surface area contributed by atoms with Gasteiger partial charge in [-0.3, -0.25) is 0 Å². The molecule has 0 bridgehead atoms. The highest BCUT2D eigenvalue weighted by Gasteiger charge is 2.32. The van der Waals surface area contributed by atoms with Crippen LogP contribution in [0.25, 0.3) is 0 Å². The summed E-state index contributed by atoms with van der Waals surface area (Å²) >= 11 is 0. The quantitative estimate of drug-likeness (QED) is 0.660. The highest BCUT2D eigenvalue weighted by molar-refractivity contribution is 7.91. The van der Waals surface area contributed by atoms with E-state index in [0.29, 0.717) is 50.1 Å². The van der Waals surface area contributed by atoms with E-state index >= 15 is 0 Å². The molecule has 4 N–H and O–H groups in total. The SMILES string of the molecule is NS(=O)(=NC(=O)Nc1c2c(c(C(=O)O)c3c1CCC3)CCC2)c1cnn2c1OCCC2. The second-order valence-corrected chi connectivity index (χ2v) is 9.77. The molecule has 2 aliphatic carbocycles. The monoisotopic (exact) mass is 445 g/mol. The molecule has 0 spiro atoms. The lowest BCUT2D eigenvalue weighted by Gasteiger charge is -2.18. The number of nitrogens with zero attached hydrogens (tertiary/aromatic N) is 3. The summed E-state index contributed by atoms with van der Waals surface area (Å²) in [5.74, 6) is -0.641. The zero-order valence-corrected chi connectivity index (χ0v) is 17.7. The summed E-state index contributed by atoms with van der Waals surface area (Å²) in [6, 6.07) is -0.825.